The van der Waals surface area contributed by atoms with Crippen molar-refractivity contribution in [1.82, 2.24) is 5.32 Å². The first kappa shape index (κ1) is 20.4. The molecule has 0 bridgehead atoms. The van der Waals surface area contributed by atoms with E-state index in [0.717, 1.165) is 37.7 Å². The Morgan fingerprint density at radius 1 is 1.04 bits per heavy atom. The van der Waals surface area contributed by atoms with E-state index in [1.54, 1.807) is 7.11 Å². The molecule has 1 saturated carbocycles. The molecule has 2 N–H and O–H groups in total. The zero-order chi connectivity index (χ0) is 18.8. The van der Waals surface area contributed by atoms with Crippen LogP contribution >= 0.6 is 0 Å². The maximum atomic E-state index is 13.0. The SMILES string of the molecule is COCCCNC(=O)C1(c2ccc(NC(=O)COC)cc2)CCCCC1. The van der Waals surface area contributed by atoms with Gasteiger partial charge in [0, 0.05) is 33.1 Å². The van der Waals surface area contributed by atoms with Gasteiger partial charge in [-0.05, 0) is 37.0 Å². The van der Waals surface area contributed by atoms with E-state index in [9.17, 15) is 9.59 Å². The van der Waals surface area contributed by atoms with Crippen LogP contribution in [-0.2, 0) is 24.5 Å². The molecule has 1 aliphatic rings. The van der Waals surface area contributed by atoms with Crippen LogP contribution in [0.1, 0.15) is 44.1 Å². The van der Waals surface area contributed by atoms with Crippen molar-refractivity contribution in [2.75, 3.05) is 39.3 Å². The molecule has 2 rings (SSSR count). The number of hydrogen-bond donors (Lipinski definition) is 2. The lowest BCUT2D eigenvalue weighted by Crippen LogP contribution is -2.46. The van der Waals surface area contributed by atoms with Gasteiger partial charge in [0.15, 0.2) is 0 Å². The summed E-state index contributed by atoms with van der Waals surface area (Å²) in [5.74, 6) is -0.0898. The summed E-state index contributed by atoms with van der Waals surface area (Å²) in [6.07, 6.45) is 5.80. The van der Waals surface area contributed by atoms with Crippen LogP contribution in [0, 0.1) is 0 Å². The Hall–Kier alpha value is -1.92. The van der Waals surface area contributed by atoms with Crippen molar-refractivity contribution in [3.05, 3.63) is 29.8 Å². The Labute approximate surface area is 155 Å². The van der Waals surface area contributed by atoms with E-state index in [1.807, 2.05) is 24.3 Å². The summed E-state index contributed by atoms with van der Waals surface area (Å²) in [6.45, 7) is 1.29. The van der Waals surface area contributed by atoms with E-state index in [0.29, 0.717) is 18.8 Å². The van der Waals surface area contributed by atoms with Crippen LogP contribution in [0.2, 0.25) is 0 Å². The van der Waals surface area contributed by atoms with Crippen molar-refractivity contribution in [3.8, 4) is 0 Å². The van der Waals surface area contributed by atoms with Crippen LogP contribution in [0.4, 0.5) is 5.69 Å². The number of anilines is 1. The van der Waals surface area contributed by atoms with E-state index < -0.39 is 5.41 Å². The van der Waals surface area contributed by atoms with E-state index in [1.165, 1.54) is 13.5 Å². The molecule has 6 nitrogen and oxygen atoms in total. The molecule has 1 fully saturated rings. The largest absolute Gasteiger partial charge is 0.385 e. The first-order valence-electron chi connectivity index (χ1n) is 9.29. The molecule has 1 aromatic carbocycles. The van der Waals surface area contributed by atoms with Crippen molar-refractivity contribution in [2.45, 2.75) is 43.9 Å². The van der Waals surface area contributed by atoms with Crippen molar-refractivity contribution in [3.63, 3.8) is 0 Å². The number of rotatable bonds is 9. The number of amides is 2. The summed E-state index contributed by atoms with van der Waals surface area (Å²) >= 11 is 0. The molecule has 0 spiro atoms. The van der Waals surface area contributed by atoms with Crippen LogP contribution in [0.15, 0.2) is 24.3 Å². The first-order chi connectivity index (χ1) is 12.6. The quantitative estimate of drug-likeness (QED) is 0.662. The first-order valence-corrected chi connectivity index (χ1v) is 9.29. The van der Waals surface area contributed by atoms with E-state index in [4.69, 9.17) is 9.47 Å². The van der Waals surface area contributed by atoms with Crippen LogP contribution in [0.5, 0.6) is 0 Å². The fourth-order valence-electron chi connectivity index (χ4n) is 3.59. The molecule has 0 saturated heterocycles. The van der Waals surface area contributed by atoms with E-state index in [2.05, 4.69) is 10.6 Å². The molecule has 1 aromatic rings. The highest BCUT2D eigenvalue weighted by Crippen LogP contribution is 2.40. The van der Waals surface area contributed by atoms with Gasteiger partial charge >= 0.3 is 0 Å². The molecule has 26 heavy (non-hydrogen) atoms. The predicted molar refractivity (Wildman–Crippen MR) is 101 cm³/mol. The fraction of sp³-hybridized carbons (Fsp3) is 0.600. The molecule has 0 heterocycles. The average molecular weight is 362 g/mol. The molecular weight excluding hydrogens is 332 g/mol. The lowest BCUT2D eigenvalue weighted by atomic mass is 9.68. The molecule has 0 aromatic heterocycles. The normalized spacial score (nSPS) is 16.1. The van der Waals surface area contributed by atoms with Crippen LogP contribution < -0.4 is 10.6 Å². The summed E-state index contributed by atoms with van der Waals surface area (Å²) in [5.41, 5.74) is 1.26. The zero-order valence-electron chi connectivity index (χ0n) is 15.8. The third-order valence-corrected chi connectivity index (χ3v) is 4.95. The Morgan fingerprint density at radius 2 is 1.73 bits per heavy atom. The molecule has 2 amide bonds. The minimum Gasteiger partial charge on any atom is -0.385 e. The molecule has 144 valence electrons. The minimum absolute atomic E-state index is 0.0234. The molecular formula is C20H30N2O4. The Balaban J connectivity index is 2.10. The van der Waals surface area contributed by atoms with Gasteiger partial charge in [0.25, 0.3) is 0 Å². The highest BCUT2D eigenvalue weighted by molar-refractivity contribution is 5.92. The number of benzene rings is 1. The second-order valence-corrected chi connectivity index (χ2v) is 6.80. The topological polar surface area (TPSA) is 76.7 Å². The maximum Gasteiger partial charge on any atom is 0.250 e. The number of methoxy groups -OCH3 is 2. The van der Waals surface area contributed by atoms with Crippen molar-refractivity contribution >= 4 is 17.5 Å². The van der Waals surface area contributed by atoms with E-state index >= 15 is 0 Å². The molecule has 0 aliphatic heterocycles. The Kier molecular flexibility index (Phi) is 8.06. The summed E-state index contributed by atoms with van der Waals surface area (Å²) in [6, 6.07) is 7.64. The zero-order valence-corrected chi connectivity index (χ0v) is 15.8. The Morgan fingerprint density at radius 3 is 2.35 bits per heavy atom. The summed E-state index contributed by atoms with van der Waals surface area (Å²) in [7, 11) is 3.15. The van der Waals surface area contributed by atoms with Gasteiger partial charge in [0.05, 0.1) is 5.41 Å². The molecule has 0 atom stereocenters. The monoisotopic (exact) mass is 362 g/mol. The van der Waals surface area contributed by atoms with Gasteiger partial charge in [-0.1, -0.05) is 31.4 Å². The van der Waals surface area contributed by atoms with Crippen molar-refractivity contribution in [1.29, 1.82) is 0 Å². The minimum atomic E-state index is -0.472. The smallest absolute Gasteiger partial charge is 0.250 e. The number of nitrogens with one attached hydrogen (secondary N) is 2. The number of carbonyl (C=O) groups excluding carboxylic acids is 2. The maximum absolute atomic E-state index is 13.0. The van der Waals surface area contributed by atoms with Crippen LogP contribution in [0.3, 0.4) is 0 Å². The van der Waals surface area contributed by atoms with Crippen LogP contribution in [0.25, 0.3) is 0 Å². The standard InChI is InChI=1S/C20H30N2O4/c1-25-14-6-13-21-19(24)20(11-4-3-5-12-20)16-7-9-17(10-8-16)22-18(23)15-26-2/h7-10H,3-6,11-15H2,1-2H3,(H,21,24)(H,22,23). The fourth-order valence-corrected chi connectivity index (χ4v) is 3.59. The van der Waals surface area contributed by atoms with Gasteiger partial charge in [-0.25, -0.2) is 0 Å². The lowest BCUT2D eigenvalue weighted by Gasteiger charge is -2.36. The number of ether oxygens (including phenoxy) is 2. The molecule has 0 radical (unpaired) electrons. The third kappa shape index (κ3) is 5.29. The summed E-state index contributed by atoms with van der Waals surface area (Å²) in [5, 5.41) is 5.87. The highest BCUT2D eigenvalue weighted by atomic mass is 16.5. The average Bonchev–Trinajstić information content (AvgIpc) is 2.66. The summed E-state index contributed by atoms with van der Waals surface area (Å²) < 4.78 is 9.87. The van der Waals surface area contributed by atoms with Gasteiger partial charge < -0.3 is 20.1 Å². The number of carbonyl (C=O) groups is 2. The lowest BCUT2D eigenvalue weighted by molar-refractivity contribution is -0.128. The van der Waals surface area contributed by atoms with Crippen molar-refractivity contribution in [2.24, 2.45) is 0 Å². The summed E-state index contributed by atoms with van der Waals surface area (Å²) in [4.78, 5) is 24.6. The Bertz CT molecular complexity index is 580. The van der Waals surface area contributed by atoms with Gasteiger partial charge in [0.2, 0.25) is 11.8 Å². The number of hydrogen-bond acceptors (Lipinski definition) is 4. The van der Waals surface area contributed by atoms with Crippen molar-refractivity contribution < 1.29 is 19.1 Å². The van der Waals surface area contributed by atoms with E-state index in [-0.39, 0.29) is 18.4 Å². The molecule has 1 aliphatic carbocycles. The second kappa shape index (κ2) is 10.3. The molecule has 0 unspecified atom stereocenters. The molecule has 6 heteroatoms. The second-order valence-electron chi connectivity index (χ2n) is 6.80. The van der Waals surface area contributed by atoms with Gasteiger partial charge in [-0.2, -0.15) is 0 Å². The predicted octanol–water partition coefficient (Wildman–Crippen LogP) is 2.63. The van der Waals surface area contributed by atoms with Gasteiger partial charge in [0.1, 0.15) is 6.61 Å². The van der Waals surface area contributed by atoms with Gasteiger partial charge in [-0.15, -0.1) is 0 Å². The van der Waals surface area contributed by atoms with Crippen LogP contribution in [-0.4, -0.2) is 45.8 Å². The highest BCUT2D eigenvalue weighted by Gasteiger charge is 2.40. The van der Waals surface area contributed by atoms with Gasteiger partial charge in [-0.3, -0.25) is 9.59 Å². The third-order valence-electron chi connectivity index (χ3n) is 4.95.